The molecular formula is C29H16F3N5O. The monoisotopic (exact) mass is 507 g/mol. The average Bonchev–Trinajstić information content (AvgIpc) is 3.22. The number of aliphatic imine (C=N–C) groups is 1. The summed E-state index contributed by atoms with van der Waals surface area (Å²) in [6, 6.07) is 20.0. The minimum absolute atomic E-state index is 0.121. The summed E-state index contributed by atoms with van der Waals surface area (Å²) in [5, 5.41) is 0. The van der Waals surface area contributed by atoms with Crippen molar-refractivity contribution in [1.82, 2.24) is 15.0 Å². The van der Waals surface area contributed by atoms with Crippen molar-refractivity contribution in [1.29, 1.82) is 0 Å². The maximum atomic E-state index is 15.6. The number of amidine groups is 1. The summed E-state index contributed by atoms with van der Waals surface area (Å²) in [6.45, 7) is 0. The van der Waals surface area contributed by atoms with E-state index >= 15 is 4.39 Å². The fourth-order valence-corrected chi connectivity index (χ4v) is 5.24. The molecule has 1 spiro atoms. The van der Waals surface area contributed by atoms with Crippen molar-refractivity contribution in [2.24, 2.45) is 10.7 Å². The molecule has 0 amide bonds. The molecule has 0 saturated heterocycles. The molecule has 184 valence electrons. The summed E-state index contributed by atoms with van der Waals surface area (Å²) in [5.41, 5.74) is 8.65. The molecule has 2 N–H and O–H groups in total. The van der Waals surface area contributed by atoms with Gasteiger partial charge in [-0.3, -0.25) is 0 Å². The molecule has 7 rings (SSSR count). The summed E-state index contributed by atoms with van der Waals surface area (Å²) in [7, 11) is 0. The van der Waals surface area contributed by atoms with E-state index in [-0.39, 0.29) is 22.8 Å². The lowest BCUT2D eigenvalue weighted by atomic mass is 9.75. The van der Waals surface area contributed by atoms with Crippen molar-refractivity contribution in [2.45, 2.75) is 5.54 Å². The molecule has 0 fully saturated rings. The van der Waals surface area contributed by atoms with Gasteiger partial charge < -0.3 is 10.5 Å². The second-order valence-corrected chi connectivity index (χ2v) is 8.95. The highest BCUT2D eigenvalue weighted by molar-refractivity contribution is 6.03. The van der Waals surface area contributed by atoms with Gasteiger partial charge >= 0.3 is 0 Å². The van der Waals surface area contributed by atoms with Gasteiger partial charge in [0, 0.05) is 46.3 Å². The summed E-state index contributed by atoms with van der Waals surface area (Å²) < 4.78 is 50.3. The number of fused-ring (bicyclic) bond motifs is 6. The van der Waals surface area contributed by atoms with Crippen LogP contribution >= 0.6 is 0 Å². The van der Waals surface area contributed by atoms with Crippen LogP contribution in [0, 0.1) is 17.8 Å². The van der Waals surface area contributed by atoms with E-state index in [4.69, 9.17) is 15.5 Å². The predicted molar refractivity (Wildman–Crippen MR) is 134 cm³/mol. The van der Waals surface area contributed by atoms with Crippen LogP contribution in [0.5, 0.6) is 11.5 Å². The van der Waals surface area contributed by atoms with Crippen molar-refractivity contribution in [3.05, 3.63) is 125 Å². The lowest BCUT2D eigenvalue weighted by Gasteiger charge is -2.36. The van der Waals surface area contributed by atoms with Gasteiger partial charge in [0.2, 0.25) is 11.9 Å². The Kier molecular flexibility index (Phi) is 4.65. The molecule has 3 aromatic heterocycles. The molecule has 2 aliphatic heterocycles. The standard InChI is InChI=1S/C29H16F3N5O/c30-24-13-16(9-11-34-24)22-14-21-25(27(32)36-22)38-23-8-7-15(17-5-3-10-35-26(17)31)12-20(23)29(21)19-6-2-1-4-18(19)28(33)37-29/h1-14H,(H2,33,37). The molecule has 1 atom stereocenters. The van der Waals surface area contributed by atoms with Crippen molar-refractivity contribution < 1.29 is 17.9 Å². The van der Waals surface area contributed by atoms with Crippen LogP contribution in [0.25, 0.3) is 22.4 Å². The van der Waals surface area contributed by atoms with E-state index in [1.54, 1.807) is 36.4 Å². The number of nitrogens with zero attached hydrogens (tertiary/aromatic N) is 4. The topological polar surface area (TPSA) is 86.3 Å². The highest BCUT2D eigenvalue weighted by Gasteiger charge is 2.50. The number of hydrogen-bond donors (Lipinski definition) is 1. The summed E-state index contributed by atoms with van der Waals surface area (Å²) in [5.74, 6) is -1.79. The number of rotatable bonds is 2. The van der Waals surface area contributed by atoms with E-state index in [1.165, 1.54) is 24.5 Å². The smallest absolute Gasteiger partial charge is 0.256 e. The summed E-state index contributed by atoms with van der Waals surface area (Å²) in [6.07, 6.45) is 2.65. The predicted octanol–water partition coefficient (Wildman–Crippen LogP) is 5.74. The van der Waals surface area contributed by atoms with Crippen LogP contribution in [0.3, 0.4) is 0 Å². The van der Waals surface area contributed by atoms with Crippen molar-refractivity contribution in [3.8, 4) is 33.9 Å². The highest BCUT2D eigenvalue weighted by atomic mass is 19.1. The van der Waals surface area contributed by atoms with Crippen LogP contribution in [0.2, 0.25) is 0 Å². The number of hydrogen-bond acceptors (Lipinski definition) is 6. The van der Waals surface area contributed by atoms with Gasteiger partial charge in [-0.1, -0.05) is 30.3 Å². The van der Waals surface area contributed by atoms with E-state index in [0.717, 1.165) is 0 Å². The molecule has 2 aromatic carbocycles. The fraction of sp³-hybridized carbons (Fsp3) is 0.0345. The Hall–Kier alpha value is -5.05. The normalized spacial score (nSPS) is 16.9. The van der Waals surface area contributed by atoms with Gasteiger partial charge in [-0.25, -0.2) is 19.9 Å². The van der Waals surface area contributed by atoms with Crippen LogP contribution in [-0.2, 0) is 5.54 Å². The Morgan fingerprint density at radius 3 is 2.39 bits per heavy atom. The van der Waals surface area contributed by atoms with E-state index in [9.17, 15) is 8.78 Å². The molecule has 0 aliphatic carbocycles. The first-order valence-electron chi connectivity index (χ1n) is 11.7. The maximum Gasteiger partial charge on any atom is 0.256 e. The summed E-state index contributed by atoms with van der Waals surface area (Å²) >= 11 is 0. The zero-order valence-electron chi connectivity index (χ0n) is 19.5. The van der Waals surface area contributed by atoms with Gasteiger partial charge in [-0.05, 0) is 47.5 Å². The van der Waals surface area contributed by atoms with E-state index < -0.39 is 23.4 Å². The molecule has 9 heteroatoms. The number of nitrogens with two attached hydrogens (primary N) is 1. The van der Waals surface area contributed by atoms with Gasteiger partial charge in [0.05, 0.1) is 5.69 Å². The van der Waals surface area contributed by atoms with Gasteiger partial charge in [0.25, 0.3) is 5.95 Å². The molecule has 0 saturated carbocycles. The van der Waals surface area contributed by atoms with E-state index in [0.29, 0.717) is 39.1 Å². The number of halogens is 3. The van der Waals surface area contributed by atoms with Gasteiger partial charge in [-0.2, -0.15) is 13.2 Å². The first-order valence-corrected chi connectivity index (χ1v) is 11.7. The lowest BCUT2D eigenvalue weighted by Crippen LogP contribution is -2.30. The minimum atomic E-state index is -1.33. The van der Waals surface area contributed by atoms with Crippen LogP contribution < -0.4 is 10.5 Å². The first kappa shape index (κ1) is 22.2. The third-order valence-corrected chi connectivity index (χ3v) is 6.88. The van der Waals surface area contributed by atoms with E-state index in [1.807, 2.05) is 24.3 Å². The first-order chi connectivity index (χ1) is 18.5. The summed E-state index contributed by atoms with van der Waals surface area (Å²) in [4.78, 5) is 16.3. The Bertz CT molecular complexity index is 1820. The molecule has 2 aliphatic rings. The lowest BCUT2D eigenvalue weighted by molar-refractivity contribution is 0.386. The second-order valence-electron chi connectivity index (χ2n) is 8.95. The molecule has 38 heavy (non-hydrogen) atoms. The quantitative estimate of drug-likeness (QED) is 0.308. The SMILES string of the molecule is NC1=NC2(c3cc(-c4cccnc4F)ccc3Oc3c2cc(-c2ccnc(F)c2)nc3F)c2ccccc21. The van der Waals surface area contributed by atoms with Gasteiger partial charge in [-0.15, -0.1) is 0 Å². The number of benzene rings is 2. The molecule has 0 bridgehead atoms. The number of aromatic nitrogens is 3. The van der Waals surface area contributed by atoms with Crippen molar-refractivity contribution >= 4 is 5.84 Å². The molecular weight excluding hydrogens is 491 g/mol. The van der Waals surface area contributed by atoms with Crippen LogP contribution in [-0.4, -0.2) is 20.8 Å². The van der Waals surface area contributed by atoms with Crippen LogP contribution in [0.15, 0.2) is 90.2 Å². The minimum Gasteiger partial charge on any atom is -0.452 e. The van der Waals surface area contributed by atoms with Crippen LogP contribution in [0.1, 0.15) is 22.3 Å². The van der Waals surface area contributed by atoms with E-state index in [2.05, 4.69) is 15.0 Å². The zero-order chi connectivity index (χ0) is 26.0. The maximum absolute atomic E-state index is 15.6. The molecule has 5 heterocycles. The van der Waals surface area contributed by atoms with Crippen LogP contribution in [0.4, 0.5) is 13.2 Å². The van der Waals surface area contributed by atoms with Gasteiger partial charge in [0.1, 0.15) is 17.1 Å². The third kappa shape index (κ3) is 3.08. The molecule has 1 unspecified atom stereocenters. The average molecular weight is 507 g/mol. The largest absolute Gasteiger partial charge is 0.452 e. The number of pyridine rings is 3. The van der Waals surface area contributed by atoms with Crippen molar-refractivity contribution in [2.75, 3.05) is 0 Å². The second kappa shape index (κ2) is 7.97. The third-order valence-electron chi connectivity index (χ3n) is 6.88. The zero-order valence-corrected chi connectivity index (χ0v) is 19.5. The molecule has 5 aromatic rings. The Morgan fingerprint density at radius 1 is 0.711 bits per heavy atom. The Balaban J connectivity index is 1.56. The molecule has 0 radical (unpaired) electrons. The Labute approximate surface area is 214 Å². The van der Waals surface area contributed by atoms with Gasteiger partial charge in [0.15, 0.2) is 5.75 Å². The number of ether oxygens (including phenoxy) is 1. The molecule has 6 nitrogen and oxygen atoms in total. The Morgan fingerprint density at radius 2 is 1.55 bits per heavy atom. The fourth-order valence-electron chi connectivity index (χ4n) is 5.24. The highest BCUT2D eigenvalue weighted by Crippen LogP contribution is 2.57. The van der Waals surface area contributed by atoms with Crippen molar-refractivity contribution in [3.63, 3.8) is 0 Å².